The van der Waals surface area contributed by atoms with Crippen LogP contribution in [0.4, 0.5) is 5.69 Å². The number of rotatable bonds is 6. The number of nitrogens with zero attached hydrogens (tertiary/aromatic N) is 3. The van der Waals surface area contributed by atoms with Crippen molar-refractivity contribution in [1.29, 1.82) is 0 Å². The first kappa shape index (κ1) is 19.1. The van der Waals surface area contributed by atoms with Crippen LogP contribution in [0.1, 0.15) is 18.5 Å². The van der Waals surface area contributed by atoms with Gasteiger partial charge in [0.15, 0.2) is 0 Å². The Bertz CT molecular complexity index is 1140. The highest BCUT2D eigenvalue weighted by molar-refractivity contribution is 6.31. The molecule has 0 fully saturated rings. The van der Waals surface area contributed by atoms with Crippen molar-refractivity contribution in [2.45, 2.75) is 13.0 Å². The molecule has 4 aromatic rings. The van der Waals surface area contributed by atoms with Crippen LogP contribution in [0.25, 0.3) is 16.5 Å². The van der Waals surface area contributed by atoms with Crippen LogP contribution in [0.5, 0.6) is 0 Å². The van der Waals surface area contributed by atoms with E-state index in [1.165, 1.54) is 17.1 Å². The fourth-order valence-electron chi connectivity index (χ4n) is 3.18. The lowest BCUT2D eigenvalue weighted by Gasteiger charge is -2.16. The van der Waals surface area contributed by atoms with Gasteiger partial charge in [-0.15, -0.1) is 0 Å². The first-order valence-electron chi connectivity index (χ1n) is 9.26. The second-order valence-electron chi connectivity index (χ2n) is 6.76. The van der Waals surface area contributed by atoms with Crippen molar-refractivity contribution in [1.82, 2.24) is 20.1 Å². The molecule has 0 saturated heterocycles. The number of nitrogens with one attached hydrogen (secondary N) is 2. The molecule has 1 amide bonds. The molecular weight excluding hydrogens is 386 g/mol. The number of carbonyl (C=O) groups excluding carboxylic acids is 1. The molecule has 0 aliphatic heterocycles. The van der Waals surface area contributed by atoms with Gasteiger partial charge in [0.05, 0.1) is 17.9 Å². The number of anilines is 1. The molecule has 1 heterocycles. The van der Waals surface area contributed by atoms with Crippen LogP contribution >= 0.6 is 11.6 Å². The Morgan fingerprint density at radius 1 is 1.10 bits per heavy atom. The molecular formula is C22H20ClN5O. The zero-order valence-electron chi connectivity index (χ0n) is 15.8. The van der Waals surface area contributed by atoms with E-state index in [4.69, 9.17) is 11.6 Å². The van der Waals surface area contributed by atoms with Gasteiger partial charge in [0.2, 0.25) is 5.91 Å². The number of hydrogen-bond donors (Lipinski definition) is 2. The van der Waals surface area contributed by atoms with Crippen LogP contribution in [0, 0.1) is 0 Å². The summed E-state index contributed by atoms with van der Waals surface area (Å²) >= 11 is 6.10. The molecule has 7 heteroatoms. The molecule has 6 nitrogen and oxygen atoms in total. The lowest BCUT2D eigenvalue weighted by molar-refractivity contribution is -0.115. The van der Waals surface area contributed by atoms with E-state index in [0.717, 1.165) is 5.56 Å². The van der Waals surface area contributed by atoms with Gasteiger partial charge in [-0.2, -0.15) is 5.10 Å². The third-order valence-corrected chi connectivity index (χ3v) is 4.98. The van der Waals surface area contributed by atoms with E-state index in [-0.39, 0.29) is 18.5 Å². The zero-order chi connectivity index (χ0) is 20.2. The number of hydrogen-bond acceptors (Lipinski definition) is 4. The molecule has 146 valence electrons. The largest absolute Gasteiger partial charge is 0.323 e. The van der Waals surface area contributed by atoms with E-state index in [9.17, 15) is 4.79 Å². The van der Waals surface area contributed by atoms with E-state index >= 15 is 0 Å². The summed E-state index contributed by atoms with van der Waals surface area (Å²) < 4.78 is 1.58. The van der Waals surface area contributed by atoms with Crippen LogP contribution in [-0.2, 0) is 4.79 Å². The second-order valence-corrected chi connectivity index (χ2v) is 7.20. The third kappa shape index (κ3) is 4.45. The molecule has 2 N–H and O–H groups in total. The number of aromatic nitrogens is 3. The van der Waals surface area contributed by atoms with Crippen molar-refractivity contribution < 1.29 is 4.79 Å². The lowest BCUT2D eigenvalue weighted by Crippen LogP contribution is -2.30. The van der Waals surface area contributed by atoms with Crippen molar-refractivity contribution >= 4 is 34.0 Å². The van der Waals surface area contributed by atoms with Crippen molar-refractivity contribution in [2.24, 2.45) is 0 Å². The first-order chi connectivity index (χ1) is 14.1. The standard InChI is InChI=1S/C22H20ClN5O/c1-15(17-7-6-16-4-2-3-5-18(16)10-17)25-12-22(29)27-20-11-19(23)8-9-21(20)28-14-24-13-26-28/h2-11,13-15,25H,12H2,1H3,(H,27,29). The number of benzene rings is 3. The van der Waals surface area contributed by atoms with Gasteiger partial charge in [0.25, 0.3) is 0 Å². The van der Waals surface area contributed by atoms with Crippen molar-refractivity contribution in [3.8, 4) is 5.69 Å². The maximum atomic E-state index is 12.5. The van der Waals surface area contributed by atoms with Crippen molar-refractivity contribution in [3.05, 3.63) is 83.9 Å². The smallest absolute Gasteiger partial charge is 0.238 e. The second kappa shape index (κ2) is 8.43. The lowest BCUT2D eigenvalue weighted by atomic mass is 10.0. The van der Waals surface area contributed by atoms with E-state index in [0.29, 0.717) is 16.4 Å². The van der Waals surface area contributed by atoms with Gasteiger partial charge in [-0.1, -0.05) is 48.0 Å². The molecule has 0 aliphatic carbocycles. The first-order valence-corrected chi connectivity index (χ1v) is 9.64. The minimum absolute atomic E-state index is 0.0273. The molecule has 0 saturated carbocycles. The van der Waals surface area contributed by atoms with Gasteiger partial charge in [-0.05, 0) is 47.5 Å². The maximum absolute atomic E-state index is 12.5. The van der Waals surface area contributed by atoms with Crippen molar-refractivity contribution in [2.75, 3.05) is 11.9 Å². The van der Waals surface area contributed by atoms with E-state index in [1.54, 1.807) is 29.2 Å². The minimum atomic E-state index is -0.165. The zero-order valence-corrected chi connectivity index (χ0v) is 16.6. The normalized spacial score (nSPS) is 12.1. The van der Waals surface area contributed by atoms with Crippen LogP contribution in [0.15, 0.2) is 73.3 Å². The molecule has 4 rings (SSSR count). The highest BCUT2D eigenvalue weighted by atomic mass is 35.5. The topological polar surface area (TPSA) is 71.8 Å². The fourth-order valence-corrected chi connectivity index (χ4v) is 3.35. The van der Waals surface area contributed by atoms with Crippen molar-refractivity contribution in [3.63, 3.8) is 0 Å². The predicted molar refractivity (Wildman–Crippen MR) is 115 cm³/mol. The Balaban J connectivity index is 1.43. The summed E-state index contributed by atoms with van der Waals surface area (Å²) in [4.78, 5) is 16.5. The van der Waals surface area contributed by atoms with Crippen LogP contribution in [-0.4, -0.2) is 27.2 Å². The minimum Gasteiger partial charge on any atom is -0.323 e. The molecule has 0 bridgehead atoms. The molecule has 0 radical (unpaired) electrons. The number of carbonyl (C=O) groups is 1. The quantitative estimate of drug-likeness (QED) is 0.500. The van der Waals surface area contributed by atoms with Gasteiger partial charge in [0, 0.05) is 11.1 Å². The Morgan fingerprint density at radius 3 is 2.72 bits per heavy atom. The summed E-state index contributed by atoms with van der Waals surface area (Å²) in [6.07, 6.45) is 3.01. The van der Waals surface area contributed by atoms with Gasteiger partial charge < -0.3 is 10.6 Å². The number of halogens is 1. The van der Waals surface area contributed by atoms with Gasteiger partial charge in [0.1, 0.15) is 12.7 Å². The van der Waals surface area contributed by atoms with E-state index < -0.39 is 0 Å². The summed E-state index contributed by atoms with van der Waals surface area (Å²) in [5.41, 5.74) is 2.40. The van der Waals surface area contributed by atoms with Crippen LogP contribution in [0.3, 0.4) is 0 Å². The molecule has 1 unspecified atom stereocenters. The Kier molecular flexibility index (Phi) is 5.55. The average molecular weight is 406 g/mol. The molecule has 0 aliphatic rings. The number of fused-ring (bicyclic) bond motifs is 1. The van der Waals surface area contributed by atoms with Gasteiger partial charge in [-0.25, -0.2) is 9.67 Å². The number of amides is 1. The summed E-state index contributed by atoms with van der Waals surface area (Å²) in [6, 6.07) is 19.8. The molecule has 0 spiro atoms. The average Bonchev–Trinajstić information content (AvgIpc) is 3.26. The molecule has 29 heavy (non-hydrogen) atoms. The highest BCUT2D eigenvalue weighted by Gasteiger charge is 2.12. The van der Waals surface area contributed by atoms with Crippen LogP contribution in [0.2, 0.25) is 5.02 Å². The molecule has 1 atom stereocenters. The fraction of sp³-hybridized carbons (Fsp3) is 0.136. The Hall–Kier alpha value is -3.22. The summed E-state index contributed by atoms with van der Waals surface area (Å²) in [6.45, 7) is 2.20. The third-order valence-electron chi connectivity index (χ3n) is 4.74. The monoisotopic (exact) mass is 405 g/mol. The maximum Gasteiger partial charge on any atom is 0.238 e. The van der Waals surface area contributed by atoms with E-state index in [2.05, 4.69) is 51.0 Å². The predicted octanol–water partition coefficient (Wildman–Crippen LogP) is 4.36. The van der Waals surface area contributed by atoms with E-state index in [1.807, 2.05) is 19.1 Å². The summed E-state index contributed by atoms with van der Waals surface area (Å²) in [5, 5.41) is 13.2. The van der Waals surface area contributed by atoms with Gasteiger partial charge >= 0.3 is 0 Å². The SMILES string of the molecule is CC(NCC(=O)Nc1cc(Cl)ccc1-n1cncn1)c1ccc2ccccc2c1. The van der Waals surface area contributed by atoms with Crippen LogP contribution < -0.4 is 10.6 Å². The Labute approximate surface area is 173 Å². The highest BCUT2D eigenvalue weighted by Crippen LogP contribution is 2.24. The molecule has 1 aromatic heterocycles. The summed E-state index contributed by atoms with van der Waals surface area (Å²) in [7, 11) is 0. The Morgan fingerprint density at radius 2 is 1.93 bits per heavy atom. The molecule has 3 aromatic carbocycles. The summed E-state index contributed by atoms with van der Waals surface area (Å²) in [5.74, 6) is -0.165. The van der Waals surface area contributed by atoms with Gasteiger partial charge in [-0.3, -0.25) is 4.79 Å².